The lowest BCUT2D eigenvalue weighted by atomic mass is 10.1. The molecule has 0 amide bonds. The first kappa shape index (κ1) is 12.8. The summed E-state index contributed by atoms with van der Waals surface area (Å²) in [5.74, 6) is 0. The largest absolute Gasteiger partial charge is 0.378 e. The molecule has 0 aliphatic carbocycles. The Balaban J connectivity index is 2.31. The van der Waals surface area contributed by atoms with E-state index in [1.165, 1.54) is 0 Å². The molecular weight excluding hydrogens is 234 g/mol. The molecule has 1 heterocycles. The maximum Gasteiger partial charge on any atom is 0.0998 e. The van der Waals surface area contributed by atoms with Gasteiger partial charge in [-0.05, 0) is 41.5 Å². The van der Waals surface area contributed by atoms with Gasteiger partial charge in [0.25, 0.3) is 0 Å². The Bertz CT molecular complexity index is 605. The van der Waals surface area contributed by atoms with Crippen molar-refractivity contribution in [3.05, 3.63) is 59.9 Å². The van der Waals surface area contributed by atoms with Crippen LogP contribution in [0.2, 0.25) is 0 Å². The first-order valence-corrected chi connectivity index (χ1v) is 6.00. The van der Waals surface area contributed by atoms with Gasteiger partial charge in [0.05, 0.1) is 11.6 Å². The highest BCUT2D eigenvalue weighted by molar-refractivity contribution is 5.89. The maximum atomic E-state index is 9.24. The van der Waals surface area contributed by atoms with Gasteiger partial charge in [-0.2, -0.15) is 5.26 Å². The molecule has 1 aromatic carbocycles. The normalized spacial score (nSPS) is 10.9. The highest BCUT2D eigenvalue weighted by Crippen LogP contribution is 2.19. The van der Waals surface area contributed by atoms with Crippen LogP contribution in [0.1, 0.15) is 11.1 Å². The van der Waals surface area contributed by atoms with Crippen LogP contribution in [-0.4, -0.2) is 19.1 Å². The summed E-state index contributed by atoms with van der Waals surface area (Å²) in [6.45, 7) is 0. The van der Waals surface area contributed by atoms with Gasteiger partial charge >= 0.3 is 0 Å². The number of benzene rings is 1. The fourth-order valence-electron chi connectivity index (χ4n) is 1.75. The SMILES string of the molecule is CN(C)c1ccc(C=C(C#N)c2ccncc2)cc1. The third-order valence-corrected chi connectivity index (χ3v) is 2.83. The number of anilines is 1. The van der Waals surface area contributed by atoms with Crippen LogP contribution < -0.4 is 4.90 Å². The summed E-state index contributed by atoms with van der Waals surface area (Å²) in [5.41, 5.74) is 3.67. The topological polar surface area (TPSA) is 39.9 Å². The van der Waals surface area contributed by atoms with E-state index in [2.05, 4.69) is 11.1 Å². The first-order valence-electron chi connectivity index (χ1n) is 6.00. The zero-order chi connectivity index (χ0) is 13.7. The Morgan fingerprint density at radius 3 is 2.26 bits per heavy atom. The van der Waals surface area contributed by atoms with Crippen molar-refractivity contribution in [1.29, 1.82) is 5.26 Å². The number of allylic oxidation sites excluding steroid dienone is 1. The summed E-state index contributed by atoms with van der Waals surface area (Å²) in [7, 11) is 4.01. The molecule has 0 saturated carbocycles. The molecule has 0 unspecified atom stereocenters. The van der Waals surface area contributed by atoms with E-state index in [9.17, 15) is 5.26 Å². The second-order valence-electron chi connectivity index (χ2n) is 4.39. The zero-order valence-corrected chi connectivity index (χ0v) is 11.0. The van der Waals surface area contributed by atoms with Crippen molar-refractivity contribution in [2.24, 2.45) is 0 Å². The van der Waals surface area contributed by atoms with Crippen molar-refractivity contribution in [2.75, 3.05) is 19.0 Å². The maximum absolute atomic E-state index is 9.24. The predicted molar refractivity (Wildman–Crippen MR) is 78.5 cm³/mol. The summed E-state index contributed by atoms with van der Waals surface area (Å²) in [5, 5.41) is 9.24. The fraction of sp³-hybridized carbons (Fsp3) is 0.125. The second-order valence-corrected chi connectivity index (χ2v) is 4.39. The molecule has 2 rings (SSSR count). The molecule has 0 aliphatic heterocycles. The number of hydrogen-bond acceptors (Lipinski definition) is 3. The summed E-state index contributed by atoms with van der Waals surface area (Å²) in [4.78, 5) is 6.00. The van der Waals surface area contributed by atoms with Gasteiger partial charge in [0.1, 0.15) is 0 Å². The van der Waals surface area contributed by atoms with Crippen LogP contribution in [0, 0.1) is 11.3 Å². The molecule has 0 N–H and O–H groups in total. The zero-order valence-electron chi connectivity index (χ0n) is 11.0. The lowest BCUT2D eigenvalue weighted by Gasteiger charge is -2.11. The van der Waals surface area contributed by atoms with Crippen LogP contribution >= 0.6 is 0 Å². The number of hydrogen-bond donors (Lipinski definition) is 0. The van der Waals surface area contributed by atoms with Crippen LogP contribution in [-0.2, 0) is 0 Å². The molecule has 0 atom stereocenters. The molecule has 0 bridgehead atoms. The van der Waals surface area contributed by atoms with Crippen LogP contribution in [0.25, 0.3) is 11.6 Å². The van der Waals surface area contributed by atoms with Crippen LogP contribution in [0.15, 0.2) is 48.8 Å². The lowest BCUT2D eigenvalue weighted by molar-refractivity contribution is 1.13. The van der Waals surface area contributed by atoms with Gasteiger partial charge in [-0.25, -0.2) is 0 Å². The van der Waals surface area contributed by atoms with E-state index in [0.717, 1.165) is 16.8 Å². The molecule has 0 fully saturated rings. The number of nitriles is 1. The lowest BCUT2D eigenvalue weighted by Crippen LogP contribution is -2.07. The van der Waals surface area contributed by atoms with Crippen molar-refractivity contribution in [1.82, 2.24) is 4.98 Å². The molecule has 3 nitrogen and oxygen atoms in total. The molecule has 3 heteroatoms. The van der Waals surface area contributed by atoms with Crippen LogP contribution in [0.4, 0.5) is 5.69 Å². The molecule has 19 heavy (non-hydrogen) atoms. The molecule has 94 valence electrons. The van der Waals surface area contributed by atoms with Gasteiger partial charge < -0.3 is 4.90 Å². The van der Waals surface area contributed by atoms with Crippen molar-refractivity contribution in [3.63, 3.8) is 0 Å². The standard InChI is InChI=1S/C16H15N3/c1-19(2)16-5-3-13(4-6-16)11-15(12-17)14-7-9-18-10-8-14/h3-11H,1-2H3. The number of pyridine rings is 1. The third kappa shape index (κ3) is 3.20. The number of rotatable bonds is 3. The Morgan fingerprint density at radius 1 is 1.11 bits per heavy atom. The minimum atomic E-state index is 0.639. The van der Waals surface area contributed by atoms with E-state index in [1.54, 1.807) is 12.4 Å². The quantitative estimate of drug-likeness (QED) is 0.784. The predicted octanol–water partition coefficient (Wildman–Crippen LogP) is 3.21. The third-order valence-electron chi connectivity index (χ3n) is 2.83. The summed E-state index contributed by atoms with van der Waals surface area (Å²) >= 11 is 0. The smallest absolute Gasteiger partial charge is 0.0998 e. The monoisotopic (exact) mass is 249 g/mol. The van der Waals surface area contributed by atoms with Gasteiger partial charge in [-0.15, -0.1) is 0 Å². The Morgan fingerprint density at radius 2 is 1.74 bits per heavy atom. The second kappa shape index (κ2) is 5.83. The molecule has 1 aromatic heterocycles. The van der Waals surface area contributed by atoms with Crippen LogP contribution in [0.5, 0.6) is 0 Å². The Hall–Kier alpha value is -2.60. The summed E-state index contributed by atoms with van der Waals surface area (Å²) < 4.78 is 0. The van der Waals surface area contributed by atoms with E-state index in [0.29, 0.717) is 5.57 Å². The van der Waals surface area contributed by atoms with E-state index < -0.39 is 0 Å². The molecule has 2 aromatic rings. The number of nitrogens with zero attached hydrogens (tertiary/aromatic N) is 3. The van der Waals surface area contributed by atoms with Crippen molar-refractivity contribution < 1.29 is 0 Å². The highest BCUT2D eigenvalue weighted by atomic mass is 15.1. The van der Waals surface area contributed by atoms with Gasteiger partial charge in [-0.1, -0.05) is 12.1 Å². The van der Waals surface area contributed by atoms with Crippen LogP contribution in [0.3, 0.4) is 0 Å². The molecular formula is C16H15N3. The molecule has 0 radical (unpaired) electrons. The van der Waals surface area contributed by atoms with E-state index >= 15 is 0 Å². The van der Waals surface area contributed by atoms with Gasteiger partial charge in [0.15, 0.2) is 0 Å². The van der Waals surface area contributed by atoms with E-state index in [1.807, 2.05) is 61.5 Å². The van der Waals surface area contributed by atoms with Crippen molar-refractivity contribution >= 4 is 17.3 Å². The molecule has 0 spiro atoms. The van der Waals surface area contributed by atoms with Gasteiger partial charge in [0.2, 0.25) is 0 Å². The average Bonchev–Trinajstić information content (AvgIpc) is 2.46. The average molecular weight is 249 g/mol. The van der Waals surface area contributed by atoms with E-state index in [-0.39, 0.29) is 0 Å². The van der Waals surface area contributed by atoms with Crippen molar-refractivity contribution in [3.8, 4) is 6.07 Å². The molecule has 0 saturated heterocycles. The summed E-state index contributed by atoms with van der Waals surface area (Å²) in [6.07, 6.45) is 5.26. The molecule has 0 aliphatic rings. The van der Waals surface area contributed by atoms with E-state index in [4.69, 9.17) is 0 Å². The minimum absolute atomic E-state index is 0.639. The van der Waals surface area contributed by atoms with Gasteiger partial charge in [0, 0.05) is 32.2 Å². The van der Waals surface area contributed by atoms with Crippen molar-refractivity contribution in [2.45, 2.75) is 0 Å². The number of aromatic nitrogens is 1. The fourth-order valence-corrected chi connectivity index (χ4v) is 1.75. The Kier molecular flexibility index (Phi) is 3.94. The Labute approximate surface area is 113 Å². The first-order chi connectivity index (χ1) is 9.20. The van der Waals surface area contributed by atoms with Gasteiger partial charge in [-0.3, -0.25) is 4.98 Å². The summed E-state index contributed by atoms with van der Waals surface area (Å²) in [6, 6.07) is 14.0. The minimum Gasteiger partial charge on any atom is -0.378 e. The highest BCUT2D eigenvalue weighted by Gasteiger charge is 2.00.